The van der Waals surface area contributed by atoms with Gasteiger partial charge in [0.15, 0.2) is 5.16 Å². The monoisotopic (exact) mass is 488 g/mol. The van der Waals surface area contributed by atoms with E-state index in [1.807, 2.05) is 17.0 Å². The van der Waals surface area contributed by atoms with Gasteiger partial charge in [0.2, 0.25) is 5.91 Å². The highest BCUT2D eigenvalue weighted by atomic mass is 32.2. The van der Waals surface area contributed by atoms with Gasteiger partial charge in [-0.25, -0.2) is 9.37 Å². The van der Waals surface area contributed by atoms with Crippen LogP contribution in [0, 0.1) is 12.7 Å². The predicted octanol–water partition coefficient (Wildman–Crippen LogP) is 4.27. The van der Waals surface area contributed by atoms with Crippen molar-refractivity contribution in [1.82, 2.24) is 14.5 Å². The van der Waals surface area contributed by atoms with Crippen LogP contribution in [0.4, 0.5) is 10.1 Å². The molecule has 1 fully saturated rings. The maximum Gasteiger partial charge on any atom is 0.266 e. The molecule has 0 unspecified atom stereocenters. The minimum Gasteiger partial charge on any atom is -0.368 e. The zero-order valence-corrected chi connectivity index (χ0v) is 20.2. The van der Waals surface area contributed by atoms with Gasteiger partial charge in [-0.1, -0.05) is 42.1 Å². The van der Waals surface area contributed by atoms with Crippen LogP contribution < -0.4 is 10.5 Å². The van der Waals surface area contributed by atoms with Gasteiger partial charge in [-0.15, -0.1) is 0 Å². The molecule has 1 aromatic heterocycles. The van der Waals surface area contributed by atoms with Crippen molar-refractivity contribution in [2.24, 2.45) is 0 Å². The van der Waals surface area contributed by atoms with Crippen molar-refractivity contribution in [3.63, 3.8) is 0 Å². The first-order valence-corrected chi connectivity index (χ1v) is 12.5. The van der Waals surface area contributed by atoms with E-state index in [9.17, 15) is 14.0 Å². The fourth-order valence-electron chi connectivity index (χ4n) is 4.31. The molecule has 1 aliphatic heterocycles. The van der Waals surface area contributed by atoms with Gasteiger partial charge >= 0.3 is 0 Å². The summed E-state index contributed by atoms with van der Waals surface area (Å²) >= 11 is 1.20. The first kappa shape index (κ1) is 23.1. The number of fused-ring (bicyclic) bond motifs is 1. The SMILES string of the molecule is Cc1cccc(N2CCN(C(=O)CSc3nc4ccccc4c(=O)n3-c3cccc(F)c3)CC2)c1. The van der Waals surface area contributed by atoms with Crippen LogP contribution in [0.15, 0.2) is 82.7 Å². The van der Waals surface area contributed by atoms with E-state index in [0.29, 0.717) is 34.8 Å². The number of amides is 1. The van der Waals surface area contributed by atoms with Gasteiger partial charge in [0.25, 0.3) is 5.56 Å². The third kappa shape index (κ3) is 4.93. The highest BCUT2D eigenvalue weighted by Crippen LogP contribution is 2.23. The Labute approximate surface area is 207 Å². The molecule has 0 radical (unpaired) electrons. The summed E-state index contributed by atoms with van der Waals surface area (Å²) in [5, 5.41) is 0.811. The average molecular weight is 489 g/mol. The van der Waals surface area contributed by atoms with Crippen molar-refractivity contribution in [3.05, 3.63) is 94.5 Å². The maximum atomic E-state index is 14.0. The Kier molecular flexibility index (Phi) is 6.55. The zero-order valence-electron chi connectivity index (χ0n) is 19.4. The molecule has 0 N–H and O–H groups in total. The van der Waals surface area contributed by atoms with Crippen molar-refractivity contribution in [3.8, 4) is 5.69 Å². The molecule has 1 aliphatic rings. The van der Waals surface area contributed by atoms with E-state index in [0.717, 1.165) is 13.1 Å². The number of hydrogen-bond donors (Lipinski definition) is 0. The van der Waals surface area contributed by atoms with Gasteiger partial charge in [0, 0.05) is 31.9 Å². The molecule has 0 spiro atoms. The first-order valence-electron chi connectivity index (χ1n) is 11.5. The molecular formula is C27H25FN4O2S. The fraction of sp³-hybridized carbons (Fsp3) is 0.222. The minimum absolute atomic E-state index is 0.00732. The number of piperazine rings is 1. The van der Waals surface area contributed by atoms with Crippen LogP contribution in [0.25, 0.3) is 16.6 Å². The second kappa shape index (κ2) is 9.92. The highest BCUT2D eigenvalue weighted by Gasteiger charge is 2.22. The Morgan fingerprint density at radius 2 is 1.69 bits per heavy atom. The Bertz CT molecular complexity index is 1450. The van der Waals surface area contributed by atoms with Crippen LogP contribution in [-0.2, 0) is 4.79 Å². The third-order valence-corrected chi connectivity index (χ3v) is 7.06. The Morgan fingerprint density at radius 1 is 0.943 bits per heavy atom. The zero-order chi connectivity index (χ0) is 24.4. The van der Waals surface area contributed by atoms with E-state index in [4.69, 9.17) is 0 Å². The van der Waals surface area contributed by atoms with Crippen LogP contribution >= 0.6 is 11.8 Å². The van der Waals surface area contributed by atoms with Crippen LogP contribution in [-0.4, -0.2) is 52.3 Å². The van der Waals surface area contributed by atoms with Crippen molar-refractivity contribution < 1.29 is 9.18 Å². The van der Waals surface area contributed by atoms with E-state index >= 15 is 0 Å². The minimum atomic E-state index is -0.443. The summed E-state index contributed by atoms with van der Waals surface area (Å²) in [5.74, 6) is -0.307. The molecule has 3 aromatic carbocycles. The van der Waals surface area contributed by atoms with Crippen LogP contribution in [0.3, 0.4) is 0 Å². The van der Waals surface area contributed by atoms with Crippen molar-refractivity contribution >= 4 is 34.3 Å². The molecule has 5 rings (SSSR count). The Balaban J connectivity index is 1.34. The van der Waals surface area contributed by atoms with Gasteiger partial charge in [-0.3, -0.25) is 14.2 Å². The van der Waals surface area contributed by atoms with Crippen molar-refractivity contribution in [2.75, 3.05) is 36.8 Å². The lowest BCUT2D eigenvalue weighted by molar-refractivity contribution is -0.128. The normalized spacial score (nSPS) is 13.9. The van der Waals surface area contributed by atoms with Crippen LogP contribution in [0.1, 0.15) is 5.56 Å². The maximum absolute atomic E-state index is 14.0. The second-order valence-corrected chi connectivity index (χ2v) is 9.47. The molecule has 35 heavy (non-hydrogen) atoms. The number of aromatic nitrogens is 2. The highest BCUT2D eigenvalue weighted by molar-refractivity contribution is 7.99. The lowest BCUT2D eigenvalue weighted by atomic mass is 10.2. The number of benzene rings is 3. The van der Waals surface area contributed by atoms with E-state index in [1.54, 1.807) is 30.3 Å². The molecule has 8 heteroatoms. The second-order valence-electron chi connectivity index (χ2n) is 8.53. The summed E-state index contributed by atoms with van der Waals surface area (Å²) in [6.07, 6.45) is 0. The lowest BCUT2D eigenvalue weighted by Crippen LogP contribution is -2.49. The van der Waals surface area contributed by atoms with Crippen molar-refractivity contribution in [2.45, 2.75) is 12.1 Å². The molecular weight excluding hydrogens is 463 g/mol. The molecule has 2 heterocycles. The van der Waals surface area contributed by atoms with Crippen molar-refractivity contribution in [1.29, 1.82) is 0 Å². The summed E-state index contributed by atoms with van der Waals surface area (Å²) in [7, 11) is 0. The van der Waals surface area contributed by atoms with Gasteiger partial charge in [-0.2, -0.15) is 0 Å². The molecule has 0 saturated carbocycles. The van der Waals surface area contributed by atoms with E-state index in [2.05, 4.69) is 35.0 Å². The molecule has 1 amide bonds. The molecule has 6 nitrogen and oxygen atoms in total. The number of carbonyl (C=O) groups excluding carboxylic acids is 1. The number of rotatable bonds is 5. The third-order valence-electron chi connectivity index (χ3n) is 6.14. The van der Waals surface area contributed by atoms with Gasteiger partial charge in [-0.05, 0) is 55.0 Å². The number of thioether (sulfide) groups is 1. The molecule has 1 saturated heterocycles. The number of hydrogen-bond acceptors (Lipinski definition) is 5. The summed E-state index contributed by atoms with van der Waals surface area (Å²) in [5.41, 5.74) is 3.03. The first-order chi connectivity index (χ1) is 17.0. The number of anilines is 1. The molecule has 4 aromatic rings. The molecule has 178 valence electrons. The molecule has 0 bridgehead atoms. The number of aryl methyl sites for hydroxylation is 1. The van der Waals surface area contributed by atoms with Gasteiger partial charge in [0.1, 0.15) is 5.82 Å². The molecule has 0 atom stereocenters. The van der Waals surface area contributed by atoms with E-state index in [1.165, 1.54) is 39.7 Å². The fourth-order valence-corrected chi connectivity index (χ4v) is 5.22. The summed E-state index contributed by atoms with van der Waals surface area (Å²) < 4.78 is 15.3. The quantitative estimate of drug-likeness (QED) is 0.310. The summed E-state index contributed by atoms with van der Waals surface area (Å²) in [6.45, 7) is 4.87. The average Bonchev–Trinajstić information content (AvgIpc) is 2.87. The van der Waals surface area contributed by atoms with E-state index < -0.39 is 5.82 Å². The Hall–Kier alpha value is -3.65. The number of halogens is 1. The number of para-hydroxylation sites is 1. The predicted molar refractivity (Wildman–Crippen MR) is 138 cm³/mol. The number of carbonyl (C=O) groups is 1. The van der Waals surface area contributed by atoms with Gasteiger partial charge in [0.05, 0.1) is 22.3 Å². The smallest absolute Gasteiger partial charge is 0.266 e. The van der Waals surface area contributed by atoms with Crippen LogP contribution in [0.5, 0.6) is 0 Å². The van der Waals surface area contributed by atoms with Crippen LogP contribution in [0.2, 0.25) is 0 Å². The topological polar surface area (TPSA) is 58.4 Å². The number of nitrogens with zero attached hydrogens (tertiary/aromatic N) is 4. The van der Waals surface area contributed by atoms with Gasteiger partial charge < -0.3 is 9.80 Å². The summed E-state index contributed by atoms with van der Waals surface area (Å²) in [6, 6.07) is 21.3. The largest absolute Gasteiger partial charge is 0.368 e. The standard InChI is InChI=1S/C27H25FN4O2S/c1-19-6-4-8-21(16-19)30-12-14-31(15-13-30)25(33)18-35-27-29-24-11-3-2-10-23(24)26(34)32(27)22-9-5-7-20(28)17-22/h2-11,16-17H,12-15,18H2,1H3. The summed E-state index contributed by atoms with van der Waals surface area (Å²) in [4.78, 5) is 35.1. The van der Waals surface area contributed by atoms with E-state index in [-0.39, 0.29) is 17.2 Å². The lowest BCUT2D eigenvalue weighted by Gasteiger charge is -2.36. The Morgan fingerprint density at radius 3 is 2.46 bits per heavy atom. The molecule has 0 aliphatic carbocycles.